The third-order valence-corrected chi connectivity index (χ3v) is 6.98. The lowest BCUT2D eigenvalue weighted by Crippen LogP contribution is -2.55. The van der Waals surface area contributed by atoms with E-state index in [1.165, 1.54) is 25.9 Å². The van der Waals surface area contributed by atoms with Crippen LogP contribution < -0.4 is 0 Å². The summed E-state index contributed by atoms with van der Waals surface area (Å²) in [4.78, 5) is 4.74. The Kier molecular flexibility index (Phi) is 4.44. The molecule has 3 fully saturated rings. The summed E-state index contributed by atoms with van der Waals surface area (Å²) in [5.74, 6) is 0.997. The van der Waals surface area contributed by atoms with Crippen LogP contribution >= 0.6 is 35.1 Å². The molecule has 0 aliphatic carbocycles. The van der Waals surface area contributed by atoms with Gasteiger partial charge in [0.25, 0.3) is 0 Å². The van der Waals surface area contributed by atoms with Crippen molar-refractivity contribution >= 4 is 35.1 Å². The lowest BCUT2D eigenvalue weighted by Gasteiger charge is -2.50. The van der Waals surface area contributed by atoms with Crippen LogP contribution in [0.1, 0.15) is 22.6 Å². The number of nitrogens with zero attached hydrogens (tertiary/aromatic N) is 1. The minimum atomic E-state index is -0.786. The van der Waals surface area contributed by atoms with Gasteiger partial charge in [-0.1, -0.05) is 12.1 Å². The van der Waals surface area contributed by atoms with E-state index in [1.807, 2.05) is 0 Å². The topological polar surface area (TPSA) is 23.5 Å². The van der Waals surface area contributed by atoms with Crippen LogP contribution in [0.15, 0.2) is 35.0 Å². The first-order chi connectivity index (χ1) is 9.78. The zero-order chi connectivity index (χ0) is 13.6. The van der Waals surface area contributed by atoms with Crippen LogP contribution in [0.5, 0.6) is 0 Å². The monoisotopic (exact) mass is 341 g/mol. The Morgan fingerprint density at radius 1 is 1.05 bits per heavy atom. The van der Waals surface area contributed by atoms with Crippen molar-refractivity contribution in [1.29, 1.82) is 0 Å². The first-order valence-corrected chi connectivity index (χ1v) is 9.07. The molecular formula is C16H20ClNOS2. The summed E-state index contributed by atoms with van der Waals surface area (Å²) in [7, 11) is 0. The number of aliphatic hydroxyl groups is 1. The van der Waals surface area contributed by atoms with E-state index in [9.17, 15) is 5.11 Å². The summed E-state index contributed by atoms with van der Waals surface area (Å²) < 4.78 is 0. The first-order valence-electron chi connectivity index (χ1n) is 7.31. The molecule has 2 bridgehead atoms. The zero-order valence-corrected chi connectivity index (χ0v) is 14.2. The molecule has 2 nitrogen and oxygen atoms in total. The third kappa shape index (κ3) is 2.47. The summed E-state index contributed by atoms with van der Waals surface area (Å²) >= 11 is 3.37. The summed E-state index contributed by atoms with van der Waals surface area (Å²) in [5.41, 5.74) is -0.786. The molecule has 0 amide bonds. The summed E-state index contributed by atoms with van der Waals surface area (Å²) in [6, 6.07) is 8.31. The van der Waals surface area contributed by atoms with Gasteiger partial charge in [-0.05, 0) is 54.7 Å². The molecule has 2 aromatic heterocycles. The fourth-order valence-corrected chi connectivity index (χ4v) is 5.78. The molecule has 5 heterocycles. The van der Waals surface area contributed by atoms with Gasteiger partial charge in [0.05, 0.1) is 0 Å². The standard InChI is InChI=1S/C16H19NOS2.ClH/c18-16(14-3-1-9-19-14,15-4-2-10-20-15)13-11-17-7-5-12(13)6-8-17;/h1-4,9-10,12-13,18H,5-8,11H2;1H. The first kappa shape index (κ1) is 15.5. The number of piperidine rings is 3. The lowest BCUT2D eigenvalue weighted by molar-refractivity contribution is -0.0725. The molecular weight excluding hydrogens is 322 g/mol. The molecule has 114 valence electrons. The van der Waals surface area contributed by atoms with Gasteiger partial charge in [-0.3, -0.25) is 0 Å². The van der Waals surface area contributed by atoms with Crippen molar-refractivity contribution in [3.63, 3.8) is 0 Å². The van der Waals surface area contributed by atoms with Crippen LogP contribution in [-0.4, -0.2) is 29.6 Å². The Morgan fingerprint density at radius 3 is 2.00 bits per heavy atom. The molecule has 1 N–H and O–H groups in total. The minimum absolute atomic E-state index is 0. The van der Waals surface area contributed by atoms with Crippen molar-refractivity contribution in [2.75, 3.05) is 19.6 Å². The van der Waals surface area contributed by atoms with Crippen LogP contribution in [0.2, 0.25) is 0 Å². The molecule has 21 heavy (non-hydrogen) atoms. The Bertz CT molecular complexity index is 527. The van der Waals surface area contributed by atoms with E-state index in [1.54, 1.807) is 22.7 Å². The van der Waals surface area contributed by atoms with Gasteiger partial charge in [0, 0.05) is 22.2 Å². The average molecular weight is 342 g/mol. The van der Waals surface area contributed by atoms with Gasteiger partial charge < -0.3 is 10.0 Å². The molecule has 5 rings (SSSR count). The maximum absolute atomic E-state index is 11.7. The molecule has 2 aromatic rings. The number of hydrogen-bond donors (Lipinski definition) is 1. The number of halogens is 1. The van der Waals surface area contributed by atoms with E-state index >= 15 is 0 Å². The van der Waals surface area contributed by atoms with E-state index in [0.717, 1.165) is 16.3 Å². The number of rotatable bonds is 3. The second-order valence-electron chi connectivity index (χ2n) is 5.97. The molecule has 0 spiro atoms. The molecule has 1 atom stereocenters. The average Bonchev–Trinajstić information content (AvgIpc) is 3.21. The van der Waals surface area contributed by atoms with E-state index in [2.05, 4.69) is 39.9 Å². The largest absolute Gasteiger partial charge is 0.378 e. The second-order valence-corrected chi connectivity index (χ2v) is 7.86. The highest BCUT2D eigenvalue weighted by molar-refractivity contribution is 7.11. The van der Waals surface area contributed by atoms with Gasteiger partial charge in [0.2, 0.25) is 0 Å². The van der Waals surface area contributed by atoms with Gasteiger partial charge in [0.1, 0.15) is 5.60 Å². The van der Waals surface area contributed by atoms with Crippen molar-refractivity contribution < 1.29 is 5.11 Å². The summed E-state index contributed by atoms with van der Waals surface area (Å²) in [6.45, 7) is 3.47. The molecule has 3 saturated heterocycles. The Morgan fingerprint density at radius 2 is 1.62 bits per heavy atom. The van der Waals surface area contributed by atoms with E-state index < -0.39 is 5.60 Å². The number of hydrogen-bond acceptors (Lipinski definition) is 4. The van der Waals surface area contributed by atoms with E-state index in [-0.39, 0.29) is 12.4 Å². The van der Waals surface area contributed by atoms with Gasteiger partial charge in [0.15, 0.2) is 0 Å². The fraction of sp³-hybridized carbons (Fsp3) is 0.500. The van der Waals surface area contributed by atoms with Gasteiger partial charge in [-0.25, -0.2) is 0 Å². The highest BCUT2D eigenvalue weighted by Gasteiger charge is 2.49. The van der Waals surface area contributed by atoms with Gasteiger partial charge in [-0.15, -0.1) is 35.1 Å². The van der Waals surface area contributed by atoms with Crippen molar-refractivity contribution in [2.24, 2.45) is 11.8 Å². The lowest BCUT2D eigenvalue weighted by atomic mass is 9.69. The maximum Gasteiger partial charge on any atom is 0.137 e. The van der Waals surface area contributed by atoms with Crippen LogP contribution in [0.25, 0.3) is 0 Å². The zero-order valence-electron chi connectivity index (χ0n) is 11.8. The smallest absolute Gasteiger partial charge is 0.137 e. The molecule has 3 aliphatic rings. The highest BCUT2D eigenvalue weighted by atomic mass is 35.5. The highest BCUT2D eigenvalue weighted by Crippen LogP contribution is 2.49. The van der Waals surface area contributed by atoms with Gasteiger partial charge in [-0.2, -0.15) is 0 Å². The van der Waals surface area contributed by atoms with Crippen LogP contribution in [0.4, 0.5) is 0 Å². The predicted molar refractivity (Wildman–Crippen MR) is 91.5 cm³/mol. The third-order valence-electron chi connectivity index (χ3n) is 4.99. The van der Waals surface area contributed by atoms with E-state index in [0.29, 0.717) is 11.8 Å². The minimum Gasteiger partial charge on any atom is -0.378 e. The maximum atomic E-state index is 11.7. The second kappa shape index (κ2) is 6.01. The van der Waals surface area contributed by atoms with Crippen LogP contribution in [0, 0.1) is 11.8 Å². The Labute approximate surface area is 139 Å². The van der Waals surface area contributed by atoms with Crippen LogP contribution in [0.3, 0.4) is 0 Å². The predicted octanol–water partition coefficient (Wildman–Crippen LogP) is 3.81. The van der Waals surface area contributed by atoms with E-state index in [4.69, 9.17) is 0 Å². The summed E-state index contributed by atoms with van der Waals surface area (Å²) in [5, 5.41) is 15.8. The van der Waals surface area contributed by atoms with Crippen molar-refractivity contribution in [3.05, 3.63) is 44.8 Å². The SMILES string of the molecule is Cl.OC(c1cccs1)(c1cccs1)C1CN2CCC1CC2. The molecule has 0 radical (unpaired) electrons. The fourth-order valence-electron chi connectivity index (χ4n) is 3.92. The molecule has 3 aliphatic heterocycles. The number of thiophene rings is 2. The van der Waals surface area contributed by atoms with Crippen molar-refractivity contribution in [1.82, 2.24) is 4.90 Å². The van der Waals surface area contributed by atoms with Crippen molar-refractivity contribution in [2.45, 2.75) is 18.4 Å². The van der Waals surface area contributed by atoms with Crippen LogP contribution in [-0.2, 0) is 5.60 Å². The van der Waals surface area contributed by atoms with Crippen molar-refractivity contribution in [3.8, 4) is 0 Å². The quantitative estimate of drug-likeness (QED) is 0.917. The summed E-state index contributed by atoms with van der Waals surface area (Å²) in [6.07, 6.45) is 2.48. The molecule has 1 unspecified atom stereocenters. The molecule has 5 heteroatoms. The molecule has 0 aromatic carbocycles. The Balaban J connectivity index is 0.00000132. The Hall–Kier alpha value is -0.390. The molecule has 0 saturated carbocycles. The normalized spacial score (nSPS) is 28.3. The van der Waals surface area contributed by atoms with Gasteiger partial charge >= 0.3 is 0 Å². The number of fused-ring (bicyclic) bond motifs is 3.